The van der Waals surface area contributed by atoms with Gasteiger partial charge >= 0.3 is 5.97 Å². The van der Waals surface area contributed by atoms with Crippen molar-refractivity contribution in [1.82, 2.24) is 0 Å². The molecule has 0 N–H and O–H groups in total. The van der Waals surface area contributed by atoms with E-state index in [4.69, 9.17) is 11.6 Å². The zero-order chi connectivity index (χ0) is 10.3. The van der Waals surface area contributed by atoms with E-state index in [-0.39, 0.29) is 18.8 Å². The van der Waals surface area contributed by atoms with Crippen LogP contribution in [0.3, 0.4) is 0 Å². The Bertz CT molecular complexity index is 185. The van der Waals surface area contributed by atoms with Crippen LogP contribution in [0, 0.1) is 10.1 Å². The molecule has 0 saturated carbocycles. The van der Waals surface area contributed by atoms with Crippen LogP contribution in [-0.4, -0.2) is 23.5 Å². The van der Waals surface area contributed by atoms with Gasteiger partial charge in [-0.15, -0.1) is 0 Å². The first-order valence-electron chi connectivity index (χ1n) is 3.92. The topological polar surface area (TPSA) is 69.4 Å². The zero-order valence-corrected chi connectivity index (χ0v) is 8.12. The van der Waals surface area contributed by atoms with E-state index in [1.807, 2.05) is 0 Å². The molecule has 0 aliphatic carbocycles. The first kappa shape index (κ1) is 12.2. The second-order valence-corrected chi connectivity index (χ2v) is 3.05. The molecule has 0 fully saturated rings. The summed E-state index contributed by atoms with van der Waals surface area (Å²) in [4.78, 5) is 20.1. The van der Waals surface area contributed by atoms with Crippen LogP contribution in [0.5, 0.6) is 0 Å². The van der Waals surface area contributed by atoms with Gasteiger partial charge in [0.05, 0.1) is 7.11 Å². The minimum absolute atomic E-state index is 0.283. The van der Waals surface area contributed by atoms with Crippen molar-refractivity contribution in [3.8, 4) is 0 Å². The third-order valence-corrected chi connectivity index (χ3v) is 1.91. The number of halogens is 1. The Morgan fingerprint density at radius 3 is 2.69 bits per heavy atom. The predicted molar refractivity (Wildman–Crippen MR) is 47.1 cm³/mol. The second kappa shape index (κ2) is 6.65. The molecule has 0 heterocycles. The summed E-state index contributed by atoms with van der Waals surface area (Å²) in [5.41, 5.74) is -1.04. The van der Waals surface area contributed by atoms with E-state index in [0.717, 1.165) is 0 Å². The van der Waals surface area contributed by atoms with Crippen molar-refractivity contribution >= 4 is 17.6 Å². The van der Waals surface area contributed by atoms with Crippen LogP contribution in [0.25, 0.3) is 0 Å². The highest BCUT2D eigenvalue weighted by Gasteiger charge is 2.14. The largest absolute Gasteiger partial charge is 0.469 e. The summed E-state index contributed by atoms with van der Waals surface area (Å²) in [7, 11) is 1.31. The molecule has 0 spiro atoms. The highest BCUT2D eigenvalue weighted by Crippen LogP contribution is 2.09. The third kappa shape index (κ3) is 6.33. The fourth-order valence-electron chi connectivity index (χ4n) is 0.790. The number of methoxy groups -OCH3 is 1. The normalized spacial score (nSPS) is 12.2. The van der Waals surface area contributed by atoms with E-state index < -0.39 is 10.4 Å². The van der Waals surface area contributed by atoms with Gasteiger partial charge in [0.1, 0.15) is 0 Å². The quantitative estimate of drug-likeness (QED) is 0.166. The molecule has 0 aromatic rings. The van der Waals surface area contributed by atoms with Gasteiger partial charge in [0.25, 0.3) is 5.50 Å². The lowest BCUT2D eigenvalue weighted by Gasteiger charge is -2.00. The molecule has 0 saturated heterocycles. The molecule has 0 radical (unpaired) electrons. The van der Waals surface area contributed by atoms with Crippen LogP contribution in [0.15, 0.2) is 0 Å². The maximum Gasteiger partial charge on any atom is 0.305 e. The maximum atomic E-state index is 10.6. The Kier molecular flexibility index (Phi) is 6.22. The zero-order valence-electron chi connectivity index (χ0n) is 7.36. The number of carbonyl (C=O) groups is 1. The lowest BCUT2D eigenvalue weighted by atomic mass is 10.2. The lowest BCUT2D eigenvalue weighted by molar-refractivity contribution is -0.499. The van der Waals surface area contributed by atoms with E-state index in [2.05, 4.69) is 4.74 Å². The highest BCUT2D eigenvalue weighted by molar-refractivity contribution is 6.19. The van der Waals surface area contributed by atoms with Crippen LogP contribution in [0.1, 0.15) is 25.7 Å². The monoisotopic (exact) mass is 209 g/mol. The minimum atomic E-state index is -1.04. The molecule has 0 amide bonds. The molecule has 1 unspecified atom stereocenters. The fourth-order valence-corrected chi connectivity index (χ4v) is 0.944. The molecule has 0 rings (SSSR count). The number of unbranched alkanes of at least 4 members (excludes halogenated alkanes) is 1. The number of hydrogen-bond acceptors (Lipinski definition) is 4. The van der Waals surface area contributed by atoms with Crippen LogP contribution in [-0.2, 0) is 9.53 Å². The van der Waals surface area contributed by atoms with Crippen LogP contribution in [0.2, 0.25) is 0 Å². The van der Waals surface area contributed by atoms with E-state index in [1.54, 1.807) is 0 Å². The smallest absolute Gasteiger partial charge is 0.305 e. The summed E-state index contributed by atoms with van der Waals surface area (Å²) in [6, 6.07) is 0. The van der Waals surface area contributed by atoms with Gasteiger partial charge in [0, 0.05) is 17.8 Å². The number of esters is 1. The van der Waals surface area contributed by atoms with E-state index >= 15 is 0 Å². The molecule has 76 valence electrons. The third-order valence-electron chi connectivity index (χ3n) is 1.53. The first-order chi connectivity index (χ1) is 6.07. The predicted octanol–water partition coefficient (Wildman–Crippen LogP) is 1.56. The van der Waals surface area contributed by atoms with Gasteiger partial charge in [0.2, 0.25) is 0 Å². The summed E-state index contributed by atoms with van der Waals surface area (Å²) >= 11 is 5.35. The maximum absolute atomic E-state index is 10.6. The van der Waals surface area contributed by atoms with Crippen molar-refractivity contribution < 1.29 is 14.5 Å². The van der Waals surface area contributed by atoms with Crippen molar-refractivity contribution in [3.05, 3.63) is 10.1 Å². The number of nitrogens with zero attached hydrogens (tertiary/aromatic N) is 1. The summed E-state index contributed by atoms with van der Waals surface area (Å²) in [6.07, 6.45) is 1.71. The van der Waals surface area contributed by atoms with Crippen LogP contribution < -0.4 is 0 Å². The fraction of sp³-hybridized carbons (Fsp3) is 0.857. The van der Waals surface area contributed by atoms with Crippen molar-refractivity contribution in [2.45, 2.75) is 31.2 Å². The Morgan fingerprint density at radius 2 is 2.23 bits per heavy atom. The Hall–Kier alpha value is -0.840. The van der Waals surface area contributed by atoms with Crippen molar-refractivity contribution in [2.75, 3.05) is 7.11 Å². The number of ether oxygens (including phenoxy) is 1. The Labute approximate surface area is 81.2 Å². The standard InChI is InChI=1S/C7H12ClNO4/c1-13-7(10)5-3-2-4-6(8)9(11)12/h6H,2-5H2,1H3. The molecule has 5 nitrogen and oxygen atoms in total. The minimum Gasteiger partial charge on any atom is -0.469 e. The van der Waals surface area contributed by atoms with E-state index in [1.165, 1.54) is 7.11 Å². The van der Waals surface area contributed by atoms with Crippen LogP contribution >= 0.6 is 11.6 Å². The van der Waals surface area contributed by atoms with Gasteiger partial charge < -0.3 is 4.74 Å². The molecule has 0 bridgehead atoms. The average Bonchev–Trinajstić information content (AvgIpc) is 2.11. The van der Waals surface area contributed by atoms with Crippen LogP contribution in [0.4, 0.5) is 0 Å². The van der Waals surface area contributed by atoms with Gasteiger partial charge in [0.15, 0.2) is 0 Å². The first-order valence-corrected chi connectivity index (χ1v) is 4.36. The molecule has 6 heteroatoms. The molecule has 0 aromatic carbocycles. The van der Waals surface area contributed by atoms with Gasteiger partial charge in [-0.05, 0) is 24.4 Å². The summed E-state index contributed by atoms with van der Waals surface area (Å²) in [5, 5.41) is 10.1. The number of carbonyl (C=O) groups excluding carboxylic acids is 1. The van der Waals surface area contributed by atoms with Gasteiger partial charge in [-0.1, -0.05) is 0 Å². The molecular weight excluding hydrogens is 198 g/mol. The number of alkyl halides is 1. The Morgan fingerprint density at radius 1 is 1.62 bits per heavy atom. The Balaban J connectivity index is 3.35. The summed E-state index contributed by atoms with van der Waals surface area (Å²) in [5.74, 6) is -0.299. The van der Waals surface area contributed by atoms with E-state index in [0.29, 0.717) is 12.8 Å². The molecule has 0 aliphatic heterocycles. The number of nitro groups is 1. The molecule has 0 aliphatic rings. The summed E-state index contributed by atoms with van der Waals surface area (Å²) < 4.78 is 4.40. The molecule has 1 atom stereocenters. The van der Waals surface area contributed by atoms with Gasteiger partial charge in [-0.3, -0.25) is 14.9 Å². The molecular formula is C7H12ClNO4. The van der Waals surface area contributed by atoms with Crippen molar-refractivity contribution in [1.29, 1.82) is 0 Å². The number of rotatable bonds is 6. The molecule has 13 heavy (non-hydrogen) atoms. The second-order valence-electron chi connectivity index (χ2n) is 2.54. The summed E-state index contributed by atoms with van der Waals surface area (Å²) in [6.45, 7) is 0. The number of hydrogen-bond donors (Lipinski definition) is 0. The highest BCUT2D eigenvalue weighted by atomic mass is 35.5. The van der Waals surface area contributed by atoms with E-state index in [9.17, 15) is 14.9 Å². The van der Waals surface area contributed by atoms with Crippen molar-refractivity contribution in [2.24, 2.45) is 0 Å². The van der Waals surface area contributed by atoms with Gasteiger partial charge in [-0.25, -0.2) is 0 Å². The van der Waals surface area contributed by atoms with Crippen molar-refractivity contribution in [3.63, 3.8) is 0 Å². The molecule has 0 aromatic heterocycles. The van der Waals surface area contributed by atoms with Gasteiger partial charge in [-0.2, -0.15) is 0 Å². The lowest BCUT2D eigenvalue weighted by Crippen LogP contribution is -2.11. The average molecular weight is 210 g/mol. The SMILES string of the molecule is COC(=O)CCCCC(Cl)[N+](=O)[O-].